The van der Waals surface area contributed by atoms with E-state index in [-0.39, 0.29) is 11.8 Å². The van der Waals surface area contributed by atoms with E-state index in [0.717, 1.165) is 24.2 Å². The van der Waals surface area contributed by atoms with Gasteiger partial charge in [-0.1, -0.05) is 36.4 Å². The molecule has 2 aliphatic rings. The molecule has 0 aromatic heterocycles. The molecule has 0 unspecified atom stereocenters. The second kappa shape index (κ2) is 7.06. The molecular formula is C22H24N2O3. The van der Waals surface area contributed by atoms with Gasteiger partial charge in [-0.3, -0.25) is 9.59 Å². The monoisotopic (exact) mass is 364 g/mol. The number of rotatable bonds is 4. The van der Waals surface area contributed by atoms with Crippen LogP contribution in [0.25, 0.3) is 0 Å². The number of piperazine rings is 1. The number of carbonyl (C=O) groups is 2. The highest BCUT2D eigenvalue weighted by molar-refractivity contribution is 5.95. The predicted octanol–water partition coefficient (Wildman–Crippen LogP) is 2.71. The molecule has 1 heterocycles. The average Bonchev–Trinajstić information content (AvgIpc) is 3.55. The smallest absolute Gasteiger partial charge is 0.253 e. The van der Waals surface area contributed by atoms with Crippen LogP contribution in [0, 0.1) is 0 Å². The molecule has 1 saturated carbocycles. The number of benzene rings is 2. The molecule has 2 aromatic carbocycles. The molecule has 27 heavy (non-hydrogen) atoms. The fourth-order valence-electron chi connectivity index (χ4n) is 3.94. The minimum absolute atomic E-state index is 0.0357. The van der Waals surface area contributed by atoms with Gasteiger partial charge in [-0.05, 0) is 31.0 Å². The maximum Gasteiger partial charge on any atom is 0.253 e. The molecule has 0 radical (unpaired) electrons. The lowest BCUT2D eigenvalue weighted by atomic mass is 9.93. The number of ether oxygens (including phenoxy) is 1. The molecule has 1 aliphatic carbocycles. The summed E-state index contributed by atoms with van der Waals surface area (Å²) in [6, 6.07) is 17.1. The van der Waals surface area contributed by atoms with Crippen molar-refractivity contribution in [3.05, 3.63) is 65.7 Å². The highest BCUT2D eigenvalue weighted by Gasteiger charge is 2.54. The first-order valence-corrected chi connectivity index (χ1v) is 9.43. The van der Waals surface area contributed by atoms with Crippen LogP contribution in [0.15, 0.2) is 54.6 Å². The third kappa shape index (κ3) is 3.18. The van der Waals surface area contributed by atoms with Crippen LogP contribution in [-0.4, -0.2) is 54.9 Å². The van der Waals surface area contributed by atoms with Crippen LogP contribution in [0.5, 0.6) is 5.75 Å². The summed E-state index contributed by atoms with van der Waals surface area (Å²) in [6.45, 7) is 2.30. The first-order valence-electron chi connectivity index (χ1n) is 9.43. The molecular weight excluding hydrogens is 340 g/mol. The standard InChI is InChI=1S/C22H24N2O3/c1-27-19-10-6-5-9-18(19)22(11-12-22)21(26)24-15-13-23(14-16-24)20(25)17-7-3-2-4-8-17/h2-10H,11-16H2,1H3. The van der Waals surface area contributed by atoms with E-state index in [4.69, 9.17) is 4.74 Å². The number of hydrogen-bond donors (Lipinski definition) is 0. The maximum atomic E-state index is 13.3. The number of carbonyl (C=O) groups excluding carboxylic acids is 2. The Morgan fingerprint density at radius 1 is 0.852 bits per heavy atom. The van der Waals surface area contributed by atoms with Gasteiger partial charge in [-0.25, -0.2) is 0 Å². The van der Waals surface area contributed by atoms with Crippen LogP contribution in [-0.2, 0) is 10.2 Å². The Morgan fingerprint density at radius 2 is 1.44 bits per heavy atom. The van der Waals surface area contributed by atoms with Gasteiger partial charge < -0.3 is 14.5 Å². The van der Waals surface area contributed by atoms with Crippen molar-refractivity contribution in [1.82, 2.24) is 9.80 Å². The number of para-hydroxylation sites is 1. The highest BCUT2D eigenvalue weighted by Crippen LogP contribution is 2.52. The summed E-state index contributed by atoms with van der Waals surface area (Å²) < 4.78 is 5.48. The summed E-state index contributed by atoms with van der Waals surface area (Å²) >= 11 is 0. The molecule has 4 rings (SSSR count). The van der Waals surface area contributed by atoms with E-state index in [1.54, 1.807) is 7.11 Å². The van der Waals surface area contributed by atoms with Crippen molar-refractivity contribution >= 4 is 11.8 Å². The molecule has 2 amide bonds. The predicted molar refractivity (Wildman–Crippen MR) is 103 cm³/mol. The van der Waals surface area contributed by atoms with Crippen molar-refractivity contribution < 1.29 is 14.3 Å². The van der Waals surface area contributed by atoms with Crippen molar-refractivity contribution in [3.63, 3.8) is 0 Å². The van der Waals surface area contributed by atoms with E-state index in [1.807, 2.05) is 64.4 Å². The summed E-state index contributed by atoms with van der Waals surface area (Å²) in [6.07, 6.45) is 1.71. The largest absolute Gasteiger partial charge is 0.496 e. The SMILES string of the molecule is COc1ccccc1C1(C(=O)N2CCN(C(=O)c3ccccc3)CC2)CC1. The Bertz CT molecular complexity index is 838. The first kappa shape index (κ1) is 17.6. The van der Waals surface area contributed by atoms with E-state index in [9.17, 15) is 9.59 Å². The zero-order valence-electron chi connectivity index (χ0n) is 15.6. The lowest BCUT2D eigenvalue weighted by molar-refractivity contribution is -0.135. The van der Waals surface area contributed by atoms with Gasteiger partial charge in [0.2, 0.25) is 5.91 Å². The number of methoxy groups -OCH3 is 1. The van der Waals surface area contributed by atoms with E-state index in [0.29, 0.717) is 31.7 Å². The summed E-state index contributed by atoms with van der Waals surface area (Å²) in [5, 5.41) is 0. The Kier molecular flexibility index (Phi) is 4.60. The van der Waals surface area contributed by atoms with Gasteiger partial charge in [-0.2, -0.15) is 0 Å². The van der Waals surface area contributed by atoms with E-state index < -0.39 is 5.41 Å². The summed E-state index contributed by atoms with van der Waals surface area (Å²) in [4.78, 5) is 29.6. The summed E-state index contributed by atoms with van der Waals surface area (Å²) in [5.41, 5.74) is 1.24. The molecule has 1 saturated heterocycles. The van der Waals surface area contributed by atoms with E-state index in [1.165, 1.54) is 0 Å². The minimum atomic E-state index is -0.446. The Hall–Kier alpha value is -2.82. The lowest BCUT2D eigenvalue weighted by Crippen LogP contribution is -2.53. The van der Waals surface area contributed by atoms with Gasteiger partial charge in [-0.15, -0.1) is 0 Å². The average molecular weight is 364 g/mol. The normalized spacial score (nSPS) is 18.1. The Balaban J connectivity index is 1.44. The molecule has 2 fully saturated rings. The van der Waals surface area contributed by atoms with Gasteiger partial charge in [0.15, 0.2) is 0 Å². The Labute approximate surface area is 159 Å². The van der Waals surface area contributed by atoms with Gasteiger partial charge in [0.1, 0.15) is 5.75 Å². The number of nitrogens with zero attached hydrogens (tertiary/aromatic N) is 2. The zero-order valence-corrected chi connectivity index (χ0v) is 15.6. The van der Waals surface area contributed by atoms with Crippen LogP contribution in [0.1, 0.15) is 28.8 Å². The van der Waals surface area contributed by atoms with Crippen LogP contribution in [0.4, 0.5) is 0 Å². The van der Waals surface area contributed by atoms with E-state index in [2.05, 4.69) is 0 Å². The third-order valence-corrected chi connectivity index (χ3v) is 5.66. The fraction of sp³-hybridized carbons (Fsp3) is 0.364. The van der Waals surface area contributed by atoms with Crippen LogP contribution in [0.3, 0.4) is 0 Å². The molecule has 140 valence electrons. The molecule has 5 heteroatoms. The lowest BCUT2D eigenvalue weighted by Gasteiger charge is -2.37. The highest BCUT2D eigenvalue weighted by atomic mass is 16.5. The second-order valence-corrected chi connectivity index (χ2v) is 7.23. The number of hydrogen-bond acceptors (Lipinski definition) is 3. The van der Waals surface area contributed by atoms with E-state index >= 15 is 0 Å². The maximum absolute atomic E-state index is 13.3. The minimum Gasteiger partial charge on any atom is -0.496 e. The summed E-state index contributed by atoms with van der Waals surface area (Å²) in [7, 11) is 1.65. The first-order chi connectivity index (χ1) is 13.2. The second-order valence-electron chi connectivity index (χ2n) is 7.23. The van der Waals surface area contributed by atoms with Gasteiger partial charge >= 0.3 is 0 Å². The van der Waals surface area contributed by atoms with Crippen molar-refractivity contribution in [2.75, 3.05) is 33.3 Å². The Morgan fingerprint density at radius 3 is 2.07 bits per heavy atom. The molecule has 2 aromatic rings. The molecule has 1 aliphatic heterocycles. The van der Waals surface area contributed by atoms with Crippen LogP contribution >= 0.6 is 0 Å². The van der Waals surface area contributed by atoms with Crippen molar-refractivity contribution in [2.24, 2.45) is 0 Å². The van der Waals surface area contributed by atoms with Crippen LogP contribution < -0.4 is 4.74 Å². The van der Waals surface area contributed by atoms with Crippen molar-refractivity contribution in [3.8, 4) is 5.75 Å². The number of amides is 2. The molecule has 5 nitrogen and oxygen atoms in total. The third-order valence-electron chi connectivity index (χ3n) is 5.66. The zero-order chi connectivity index (χ0) is 18.9. The van der Waals surface area contributed by atoms with Gasteiger partial charge in [0.05, 0.1) is 12.5 Å². The van der Waals surface area contributed by atoms with Crippen molar-refractivity contribution in [2.45, 2.75) is 18.3 Å². The topological polar surface area (TPSA) is 49.9 Å². The van der Waals surface area contributed by atoms with Gasteiger partial charge in [0.25, 0.3) is 5.91 Å². The van der Waals surface area contributed by atoms with Crippen LogP contribution in [0.2, 0.25) is 0 Å². The fourth-order valence-corrected chi connectivity index (χ4v) is 3.94. The summed E-state index contributed by atoms with van der Waals surface area (Å²) in [5.74, 6) is 0.980. The van der Waals surface area contributed by atoms with Gasteiger partial charge in [0, 0.05) is 37.3 Å². The molecule has 0 N–H and O–H groups in total. The molecule has 0 bridgehead atoms. The molecule has 0 spiro atoms. The van der Waals surface area contributed by atoms with Crippen molar-refractivity contribution in [1.29, 1.82) is 0 Å². The molecule has 0 atom stereocenters. The quantitative estimate of drug-likeness (QED) is 0.838.